The van der Waals surface area contributed by atoms with Gasteiger partial charge in [-0.05, 0) is 67.8 Å². The molecule has 0 spiro atoms. The van der Waals surface area contributed by atoms with Crippen molar-refractivity contribution in [2.75, 3.05) is 6.61 Å². The topological polar surface area (TPSA) is 57.1 Å². The molecule has 1 heterocycles. The average molecular weight is 462 g/mol. The number of aliphatic imine (C=N–C) groups is 1. The zero-order valence-electron chi connectivity index (χ0n) is 18.7. The predicted molar refractivity (Wildman–Crippen MR) is 130 cm³/mol. The highest BCUT2D eigenvalue weighted by Gasteiger charge is 2.24. The number of cyclic esters (lactones) is 1. The minimum Gasteiger partial charge on any atom is -0.490 e. The number of halogens is 1. The second kappa shape index (κ2) is 9.92. The molecule has 3 aromatic rings. The van der Waals surface area contributed by atoms with E-state index in [1.807, 2.05) is 63.2 Å². The van der Waals surface area contributed by atoms with Crippen molar-refractivity contribution in [2.45, 2.75) is 27.4 Å². The van der Waals surface area contributed by atoms with E-state index in [0.29, 0.717) is 35.3 Å². The Balaban J connectivity index is 1.56. The maximum absolute atomic E-state index is 12.4. The summed E-state index contributed by atoms with van der Waals surface area (Å²) in [6.07, 6.45) is 1.66. The number of benzene rings is 3. The molecule has 4 rings (SSSR count). The van der Waals surface area contributed by atoms with Crippen LogP contribution in [0.1, 0.15) is 34.7 Å². The van der Waals surface area contributed by atoms with Crippen LogP contribution in [0.3, 0.4) is 0 Å². The molecule has 1 aliphatic heterocycles. The minimum atomic E-state index is -0.514. The molecule has 5 nitrogen and oxygen atoms in total. The van der Waals surface area contributed by atoms with Crippen molar-refractivity contribution < 1.29 is 19.0 Å². The molecule has 33 heavy (non-hydrogen) atoms. The van der Waals surface area contributed by atoms with Crippen molar-refractivity contribution >= 4 is 29.5 Å². The maximum Gasteiger partial charge on any atom is 0.363 e. The second-order valence-electron chi connectivity index (χ2n) is 7.71. The van der Waals surface area contributed by atoms with Gasteiger partial charge in [0.2, 0.25) is 5.90 Å². The molecule has 1 aliphatic rings. The Kier molecular flexibility index (Phi) is 6.80. The van der Waals surface area contributed by atoms with E-state index < -0.39 is 5.97 Å². The van der Waals surface area contributed by atoms with Gasteiger partial charge >= 0.3 is 5.97 Å². The number of hydrogen-bond acceptors (Lipinski definition) is 5. The molecule has 0 bridgehead atoms. The lowest BCUT2D eigenvalue weighted by Gasteiger charge is -2.13. The summed E-state index contributed by atoms with van der Waals surface area (Å²) in [5.74, 6) is 0.947. The SMILES string of the molecule is CCOc1cc(/C=C2/N=C(c3ccc(C)c(Cl)c3)OC2=O)ccc1OCc1ccc(C)cc1. The summed E-state index contributed by atoms with van der Waals surface area (Å²) in [5, 5.41) is 0.589. The predicted octanol–water partition coefficient (Wildman–Crippen LogP) is 6.28. The van der Waals surface area contributed by atoms with Gasteiger partial charge in [0.05, 0.1) is 6.61 Å². The van der Waals surface area contributed by atoms with Crippen molar-refractivity contribution in [3.05, 3.63) is 99.2 Å². The Labute approximate surface area is 198 Å². The molecule has 0 atom stereocenters. The number of ether oxygens (including phenoxy) is 3. The van der Waals surface area contributed by atoms with Crippen LogP contribution in [0.15, 0.2) is 71.4 Å². The van der Waals surface area contributed by atoms with E-state index in [2.05, 4.69) is 17.1 Å². The van der Waals surface area contributed by atoms with E-state index in [0.717, 1.165) is 16.7 Å². The first-order chi connectivity index (χ1) is 15.9. The number of hydrogen-bond donors (Lipinski definition) is 0. The fraction of sp³-hybridized carbons (Fsp3) is 0.185. The minimum absolute atomic E-state index is 0.206. The fourth-order valence-electron chi connectivity index (χ4n) is 3.26. The fourth-order valence-corrected chi connectivity index (χ4v) is 3.44. The summed E-state index contributed by atoms with van der Waals surface area (Å²) in [4.78, 5) is 16.7. The van der Waals surface area contributed by atoms with Gasteiger partial charge < -0.3 is 14.2 Å². The molecule has 0 amide bonds. The van der Waals surface area contributed by atoms with Gasteiger partial charge in [-0.2, -0.15) is 0 Å². The van der Waals surface area contributed by atoms with Crippen molar-refractivity contribution in [3.63, 3.8) is 0 Å². The number of carbonyl (C=O) groups excluding carboxylic acids is 1. The van der Waals surface area contributed by atoms with E-state index in [1.54, 1.807) is 12.1 Å². The van der Waals surface area contributed by atoms with Crippen molar-refractivity contribution in [1.29, 1.82) is 0 Å². The Hall–Kier alpha value is -3.57. The lowest BCUT2D eigenvalue weighted by molar-refractivity contribution is -0.129. The third kappa shape index (κ3) is 5.44. The van der Waals surface area contributed by atoms with Crippen LogP contribution in [0.4, 0.5) is 0 Å². The van der Waals surface area contributed by atoms with Crippen molar-refractivity contribution in [3.8, 4) is 11.5 Å². The van der Waals surface area contributed by atoms with E-state index in [-0.39, 0.29) is 11.6 Å². The Bertz CT molecular complexity index is 1250. The largest absolute Gasteiger partial charge is 0.490 e. The Morgan fingerprint density at radius 2 is 1.76 bits per heavy atom. The highest BCUT2D eigenvalue weighted by Crippen LogP contribution is 2.31. The summed E-state index contributed by atoms with van der Waals surface area (Å²) < 4.78 is 17.1. The van der Waals surface area contributed by atoms with Crippen LogP contribution >= 0.6 is 11.6 Å². The maximum atomic E-state index is 12.4. The molecule has 0 fully saturated rings. The lowest BCUT2D eigenvalue weighted by Crippen LogP contribution is -2.05. The average Bonchev–Trinajstić information content (AvgIpc) is 3.16. The summed E-state index contributed by atoms with van der Waals surface area (Å²) in [6, 6.07) is 19.1. The van der Waals surface area contributed by atoms with Gasteiger partial charge in [-0.1, -0.05) is 53.6 Å². The van der Waals surface area contributed by atoms with Gasteiger partial charge in [-0.25, -0.2) is 9.79 Å². The normalized spacial score (nSPS) is 14.2. The van der Waals surface area contributed by atoms with Crippen molar-refractivity contribution in [2.24, 2.45) is 4.99 Å². The standard InChI is InChI=1S/C27H24ClNO4/c1-4-31-25-14-20(10-12-24(25)32-16-19-8-5-17(2)6-9-19)13-23-27(30)33-26(29-23)21-11-7-18(3)22(28)15-21/h5-15H,4,16H2,1-3H3/b23-13+. The van der Waals surface area contributed by atoms with Crippen molar-refractivity contribution in [1.82, 2.24) is 0 Å². The molecule has 0 saturated heterocycles. The smallest absolute Gasteiger partial charge is 0.363 e. The van der Waals surface area contributed by atoms with Gasteiger partial charge in [0.15, 0.2) is 17.2 Å². The molecular weight excluding hydrogens is 438 g/mol. The monoisotopic (exact) mass is 461 g/mol. The number of aryl methyl sites for hydroxylation is 2. The first kappa shape index (κ1) is 22.6. The van der Waals surface area contributed by atoms with E-state index in [4.69, 9.17) is 25.8 Å². The summed E-state index contributed by atoms with van der Waals surface area (Å²) >= 11 is 6.19. The highest BCUT2D eigenvalue weighted by atomic mass is 35.5. The summed E-state index contributed by atoms with van der Waals surface area (Å²) in [5.41, 5.74) is 4.82. The lowest BCUT2D eigenvalue weighted by atomic mass is 10.1. The Morgan fingerprint density at radius 3 is 2.48 bits per heavy atom. The molecule has 6 heteroatoms. The van der Waals surface area contributed by atoms with Crippen LogP contribution in [0.5, 0.6) is 11.5 Å². The number of nitrogens with zero attached hydrogens (tertiary/aromatic N) is 1. The Morgan fingerprint density at radius 1 is 0.970 bits per heavy atom. The third-order valence-corrected chi connectivity index (χ3v) is 5.53. The van der Waals surface area contributed by atoms with E-state index >= 15 is 0 Å². The van der Waals surface area contributed by atoms with Crippen LogP contribution in [0.25, 0.3) is 6.08 Å². The molecule has 0 saturated carbocycles. The summed E-state index contributed by atoms with van der Waals surface area (Å²) in [7, 11) is 0. The third-order valence-electron chi connectivity index (χ3n) is 5.13. The number of rotatable bonds is 7. The molecule has 0 N–H and O–H groups in total. The van der Waals surface area contributed by atoms with E-state index in [1.165, 1.54) is 5.56 Å². The summed E-state index contributed by atoms with van der Waals surface area (Å²) in [6.45, 7) is 6.78. The molecule has 0 unspecified atom stereocenters. The van der Waals surface area contributed by atoms with Crippen LogP contribution in [0, 0.1) is 13.8 Å². The van der Waals surface area contributed by atoms with Crippen LogP contribution in [-0.4, -0.2) is 18.5 Å². The molecule has 0 aliphatic carbocycles. The quantitative estimate of drug-likeness (QED) is 0.307. The molecule has 0 radical (unpaired) electrons. The van der Waals surface area contributed by atoms with Gasteiger partial charge in [0, 0.05) is 10.6 Å². The molecule has 3 aromatic carbocycles. The molecular formula is C27H24ClNO4. The number of carbonyl (C=O) groups is 1. The van der Waals surface area contributed by atoms with Crippen LogP contribution in [0.2, 0.25) is 5.02 Å². The van der Waals surface area contributed by atoms with Gasteiger partial charge in [-0.15, -0.1) is 0 Å². The highest BCUT2D eigenvalue weighted by molar-refractivity contribution is 6.31. The second-order valence-corrected chi connectivity index (χ2v) is 8.12. The van der Waals surface area contributed by atoms with Gasteiger partial charge in [0.1, 0.15) is 6.61 Å². The molecule has 168 valence electrons. The zero-order chi connectivity index (χ0) is 23.4. The van der Waals surface area contributed by atoms with E-state index in [9.17, 15) is 4.79 Å². The zero-order valence-corrected chi connectivity index (χ0v) is 19.5. The molecule has 0 aromatic heterocycles. The van der Waals surface area contributed by atoms with Crippen LogP contribution in [-0.2, 0) is 16.1 Å². The van der Waals surface area contributed by atoms with Gasteiger partial charge in [-0.3, -0.25) is 0 Å². The first-order valence-corrected chi connectivity index (χ1v) is 11.0. The first-order valence-electron chi connectivity index (χ1n) is 10.7. The van der Waals surface area contributed by atoms with Gasteiger partial charge in [0.25, 0.3) is 0 Å². The number of esters is 1. The van der Waals surface area contributed by atoms with Crippen LogP contribution < -0.4 is 9.47 Å².